The van der Waals surface area contributed by atoms with E-state index in [2.05, 4.69) is 136 Å². The van der Waals surface area contributed by atoms with Crippen LogP contribution in [0.5, 0.6) is 0 Å². The molecular formula is C41H28N4O. The van der Waals surface area contributed by atoms with Gasteiger partial charge < -0.3 is 19.4 Å². The zero-order valence-corrected chi connectivity index (χ0v) is 24.8. The molecule has 10 bridgehead atoms. The Morgan fingerprint density at radius 1 is 0.348 bits per heavy atom. The fourth-order valence-corrected chi connectivity index (χ4v) is 6.46. The number of nitrogens with one attached hydrogen (secondary N) is 3. The predicted molar refractivity (Wildman–Crippen MR) is 190 cm³/mol. The monoisotopic (exact) mass is 592 g/mol. The van der Waals surface area contributed by atoms with Crippen molar-refractivity contribution >= 4 is 56.4 Å². The summed E-state index contributed by atoms with van der Waals surface area (Å²) in [5.41, 5.74) is 15.4. The third-order valence-electron chi connectivity index (χ3n) is 8.61. The molecule has 218 valence electrons. The Balaban J connectivity index is 1.46. The van der Waals surface area contributed by atoms with E-state index in [1.807, 2.05) is 30.3 Å². The number of hydrogen-bond donors (Lipinski definition) is 3. The predicted octanol–water partition coefficient (Wildman–Crippen LogP) is 11.0. The molecule has 0 radical (unpaired) electrons. The van der Waals surface area contributed by atoms with Crippen LogP contribution in [0.4, 0.5) is 0 Å². The summed E-state index contributed by atoms with van der Waals surface area (Å²) in [6.07, 6.45) is 4.15. The molecule has 0 amide bonds. The van der Waals surface area contributed by atoms with Crippen LogP contribution in [0.25, 0.3) is 89.8 Å². The van der Waals surface area contributed by atoms with Gasteiger partial charge in [-0.2, -0.15) is 0 Å². The minimum atomic E-state index is 0.757. The Bertz CT molecular complexity index is 2570. The smallest absolute Gasteiger partial charge is 0.137 e. The molecule has 0 fully saturated rings. The largest absolute Gasteiger partial charge is 0.456 e. The molecule has 1 aliphatic rings. The first-order valence-corrected chi connectivity index (χ1v) is 15.4. The topological polar surface area (TPSA) is 73.4 Å². The van der Waals surface area contributed by atoms with Crippen LogP contribution in [0.1, 0.15) is 11.4 Å². The molecule has 5 aromatic heterocycles. The molecule has 9 rings (SSSR count). The van der Waals surface area contributed by atoms with Crippen molar-refractivity contribution in [2.24, 2.45) is 0 Å². The van der Waals surface area contributed by atoms with Crippen molar-refractivity contribution in [2.45, 2.75) is 0 Å². The number of furan rings is 1. The van der Waals surface area contributed by atoms with E-state index in [0.717, 1.165) is 89.0 Å². The van der Waals surface area contributed by atoms with Crippen LogP contribution in [0, 0.1) is 0 Å². The molecule has 0 spiro atoms. The minimum Gasteiger partial charge on any atom is -0.456 e. The molecule has 0 unspecified atom stereocenters. The number of aromatic nitrogens is 4. The van der Waals surface area contributed by atoms with Crippen molar-refractivity contribution in [1.29, 1.82) is 0 Å². The lowest BCUT2D eigenvalue weighted by molar-refractivity contribution is 0.668. The third kappa shape index (κ3) is 4.45. The first kappa shape index (κ1) is 26.1. The quantitative estimate of drug-likeness (QED) is 0.191. The number of benzene rings is 3. The highest BCUT2D eigenvalue weighted by Crippen LogP contribution is 2.36. The first-order chi connectivity index (χ1) is 22.8. The van der Waals surface area contributed by atoms with Crippen LogP contribution in [0.3, 0.4) is 0 Å². The highest BCUT2D eigenvalue weighted by atomic mass is 16.3. The molecule has 0 aliphatic carbocycles. The average Bonchev–Trinajstić information content (AvgIpc) is 3.94. The van der Waals surface area contributed by atoms with Crippen LogP contribution in [-0.2, 0) is 0 Å². The zero-order valence-electron chi connectivity index (χ0n) is 24.8. The summed E-state index contributed by atoms with van der Waals surface area (Å²) in [6, 6.07) is 48.1. The lowest BCUT2D eigenvalue weighted by atomic mass is 10.0. The van der Waals surface area contributed by atoms with E-state index < -0.39 is 0 Å². The van der Waals surface area contributed by atoms with Gasteiger partial charge >= 0.3 is 0 Å². The van der Waals surface area contributed by atoms with Gasteiger partial charge in [-0.15, -0.1) is 0 Å². The fourth-order valence-electron chi connectivity index (χ4n) is 6.46. The van der Waals surface area contributed by atoms with Gasteiger partial charge in [-0.3, -0.25) is 0 Å². The van der Waals surface area contributed by atoms with E-state index in [0.29, 0.717) is 0 Å². The molecule has 3 N–H and O–H groups in total. The van der Waals surface area contributed by atoms with Gasteiger partial charge in [0.25, 0.3) is 0 Å². The fraction of sp³-hybridized carbons (Fsp3) is 0. The number of aromatic amines is 3. The van der Waals surface area contributed by atoms with Gasteiger partial charge in [0, 0.05) is 22.2 Å². The lowest BCUT2D eigenvalue weighted by Crippen LogP contribution is -1.84. The maximum absolute atomic E-state index is 6.76. The van der Waals surface area contributed by atoms with Gasteiger partial charge in [0.2, 0.25) is 0 Å². The van der Waals surface area contributed by atoms with Gasteiger partial charge in [0.1, 0.15) is 11.2 Å². The Morgan fingerprint density at radius 3 is 1.35 bits per heavy atom. The van der Waals surface area contributed by atoms with Crippen molar-refractivity contribution < 1.29 is 4.42 Å². The lowest BCUT2D eigenvalue weighted by Gasteiger charge is -2.04. The highest BCUT2D eigenvalue weighted by molar-refractivity contribution is 5.98. The summed E-state index contributed by atoms with van der Waals surface area (Å²) in [4.78, 5) is 16.2. The van der Waals surface area contributed by atoms with Crippen molar-refractivity contribution in [3.63, 3.8) is 0 Å². The number of H-pyrrole nitrogens is 3. The van der Waals surface area contributed by atoms with Crippen LogP contribution < -0.4 is 0 Å². The third-order valence-corrected chi connectivity index (χ3v) is 8.61. The summed E-state index contributed by atoms with van der Waals surface area (Å²) in [6.45, 7) is 0. The standard InChI is InChI=1S/C41H28N4O/c1-4-10-26(11-5-1)39-33-20-16-29(42-33)31-18-22-35(44-31)40(27-12-6-2-7-13-27)37-24-25-38(46-37)41(28-14-8-3-9-15-28)36-23-19-32(45-36)30-17-21-34(39)43-30/h1-25,42-44H. The molecule has 8 aromatic rings. The maximum Gasteiger partial charge on any atom is 0.137 e. The van der Waals surface area contributed by atoms with Gasteiger partial charge in [0.15, 0.2) is 0 Å². The number of rotatable bonds is 3. The van der Waals surface area contributed by atoms with E-state index in [1.54, 1.807) is 0 Å². The summed E-state index contributed by atoms with van der Waals surface area (Å²) in [5.74, 6) is 0. The van der Waals surface area contributed by atoms with Gasteiger partial charge in [-0.1, -0.05) is 91.0 Å². The second kappa shape index (κ2) is 10.7. The number of nitrogens with zero attached hydrogens (tertiary/aromatic N) is 1. The first-order valence-electron chi connectivity index (χ1n) is 15.4. The molecule has 1 aliphatic heterocycles. The van der Waals surface area contributed by atoms with Crippen molar-refractivity contribution in [3.8, 4) is 33.4 Å². The van der Waals surface area contributed by atoms with Gasteiger partial charge in [0.05, 0.1) is 39.0 Å². The van der Waals surface area contributed by atoms with Crippen LogP contribution in [-0.4, -0.2) is 19.9 Å². The Hall–Kier alpha value is -6.33. The van der Waals surface area contributed by atoms with Gasteiger partial charge in [-0.25, -0.2) is 4.98 Å². The van der Waals surface area contributed by atoms with E-state index in [1.165, 1.54) is 0 Å². The molecule has 46 heavy (non-hydrogen) atoms. The molecule has 0 saturated heterocycles. The molecular weight excluding hydrogens is 564 g/mol. The molecule has 3 aromatic carbocycles. The molecule has 5 nitrogen and oxygen atoms in total. The molecule has 5 heteroatoms. The van der Waals surface area contributed by atoms with E-state index in [9.17, 15) is 0 Å². The zero-order chi connectivity index (χ0) is 30.5. The van der Waals surface area contributed by atoms with Crippen molar-refractivity contribution in [2.75, 3.05) is 0 Å². The maximum atomic E-state index is 6.76. The number of hydrogen-bond acceptors (Lipinski definition) is 2. The van der Waals surface area contributed by atoms with Crippen molar-refractivity contribution in [3.05, 3.63) is 151 Å². The van der Waals surface area contributed by atoms with Crippen LogP contribution >= 0.6 is 0 Å². The summed E-state index contributed by atoms with van der Waals surface area (Å²) in [5, 5.41) is 0. The van der Waals surface area contributed by atoms with Crippen molar-refractivity contribution in [1.82, 2.24) is 19.9 Å². The Morgan fingerprint density at radius 2 is 0.761 bits per heavy atom. The van der Waals surface area contributed by atoms with Crippen LogP contribution in [0.2, 0.25) is 0 Å². The Labute approximate surface area is 264 Å². The molecule has 0 atom stereocenters. The molecule has 6 heterocycles. The SMILES string of the molecule is C1=Cc2nc1c(-c1ccccc1)c1ccc(o1)c(-c1ccccc1)c1ccc([nH]1)c1ccc([nH]1)c(-c1ccccc1)c1ccc2[nH]1. The normalized spacial score (nSPS) is 11.8. The summed E-state index contributed by atoms with van der Waals surface area (Å²) >= 11 is 0. The number of fused-ring (bicyclic) bond motifs is 12. The van der Waals surface area contributed by atoms with Gasteiger partial charge in [-0.05, 0) is 77.4 Å². The second-order valence-corrected chi connectivity index (χ2v) is 11.5. The highest BCUT2D eigenvalue weighted by Gasteiger charge is 2.15. The summed E-state index contributed by atoms with van der Waals surface area (Å²) in [7, 11) is 0. The van der Waals surface area contributed by atoms with E-state index >= 15 is 0 Å². The van der Waals surface area contributed by atoms with E-state index in [4.69, 9.17) is 9.40 Å². The average molecular weight is 593 g/mol. The Kier molecular flexibility index (Phi) is 6.06. The second-order valence-electron chi connectivity index (χ2n) is 11.5. The van der Waals surface area contributed by atoms with E-state index in [-0.39, 0.29) is 0 Å². The van der Waals surface area contributed by atoms with Crippen LogP contribution in [0.15, 0.2) is 144 Å². The summed E-state index contributed by atoms with van der Waals surface area (Å²) < 4.78 is 6.76. The minimum absolute atomic E-state index is 0.757. The molecule has 0 saturated carbocycles.